The second-order valence-corrected chi connectivity index (χ2v) is 11.3. The lowest BCUT2D eigenvalue weighted by Gasteiger charge is -2.32. The van der Waals surface area contributed by atoms with Crippen molar-refractivity contribution in [2.75, 3.05) is 5.75 Å². The molecular formula is C31H34ClFN2O2S. The summed E-state index contributed by atoms with van der Waals surface area (Å²) in [6.45, 7) is 2.33. The Bertz CT molecular complexity index is 1210. The van der Waals surface area contributed by atoms with Crippen molar-refractivity contribution in [2.24, 2.45) is 0 Å². The standard InChI is InChI=1S/C31H34ClFN2O2S/c1-22-9-7-12-24(17-22)19-35(30(36)21-38-20-26-27(32)15-8-16-28(26)33)29(18-23-10-3-2-4-11-23)31(37)34-25-13-5-6-14-25/h2-4,7-12,15-17,25,29H,5-6,13-14,18-21H2,1H3,(H,34,37)/t29-/m1/s1. The number of nitrogens with one attached hydrogen (secondary N) is 1. The van der Waals surface area contributed by atoms with E-state index in [1.165, 1.54) is 17.8 Å². The Morgan fingerprint density at radius 1 is 1.03 bits per heavy atom. The average molecular weight is 553 g/mol. The van der Waals surface area contributed by atoms with Gasteiger partial charge in [0.05, 0.1) is 5.75 Å². The van der Waals surface area contributed by atoms with Crippen molar-refractivity contribution in [3.63, 3.8) is 0 Å². The molecule has 0 aromatic heterocycles. The summed E-state index contributed by atoms with van der Waals surface area (Å²) in [6, 6.07) is 21.9. The largest absolute Gasteiger partial charge is 0.352 e. The third-order valence-corrected chi connectivity index (χ3v) is 8.24. The molecule has 1 aliphatic rings. The van der Waals surface area contributed by atoms with Gasteiger partial charge >= 0.3 is 0 Å². The Morgan fingerprint density at radius 2 is 1.74 bits per heavy atom. The first-order valence-corrected chi connectivity index (χ1v) is 14.6. The molecule has 7 heteroatoms. The minimum Gasteiger partial charge on any atom is -0.352 e. The Kier molecular flexibility index (Phi) is 10.2. The first kappa shape index (κ1) is 28.2. The molecule has 0 spiro atoms. The van der Waals surface area contributed by atoms with E-state index in [4.69, 9.17) is 11.6 Å². The van der Waals surface area contributed by atoms with E-state index in [0.717, 1.165) is 42.4 Å². The van der Waals surface area contributed by atoms with Crippen LogP contribution in [0.2, 0.25) is 5.02 Å². The molecule has 1 aliphatic carbocycles. The van der Waals surface area contributed by atoms with Crippen molar-refractivity contribution < 1.29 is 14.0 Å². The van der Waals surface area contributed by atoms with E-state index >= 15 is 0 Å². The molecule has 4 rings (SSSR count). The lowest BCUT2D eigenvalue weighted by Crippen LogP contribution is -2.52. The number of carbonyl (C=O) groups excluding carboxylic acids is 2. The SMILES string of the molecule is Cc1cccc(CN(C(=O)CSCc2c(F)cccc2Cl)[C@H](Cc2ccccc2)C(=O)NC2CCCC2)c1. The molecule has 0 unspecified atom stereocenters. The molecule has 3 aromatic carbocycles. The molecule has 0 bridgehead atoms. The van der Waals surface area contributed by atoms with Crippen LogP contribution in [0.15, 0.2) is 72.8 Å². The topological polar surface area (TPSA) is 49.4 Å². The van der Waals surface area contributed by atoms with Gasteiger partial charge in [0.2, 0.25) is 11.8 Å². The van der Waals surface area contributed by atoms with Gasteiger partial charge in [0.25, 0.3) is 0 Å². The highest BCUT2D eigenvalue weighted by molar-refractivity contribution is 7.99. The number of hydrogen-bond acceptors (Lipinski definition) is 3. The predicted molar refractivity (Wildman–Crippen MR) is 154 cm³/mol. The van der Waals surface area contributed by atoms with Crippen LogP contribution in [0.4, 0.5) is 4.39 Å². The number of nitrogens with zero attached hydrogens (tertiary/aromatic N) is 1. The van der Waals surface area contributed by atoms with Crippen LogP contribution in [-0.2, 0) is 28.3 Å². The molecule has 2 amide bonds. The van der Waals surface area contributed by atoms with Gasteiger partial charge in [0, 0.05) is 35.3 Å². The number of amides is 2. The van der Waals surface area contributed by atoms with E-state index in [1.807, 2.05) is 61.5 Å². The van der Waals surface area contributed by atoms with Gasteiger partial charge in [0.1, 0.15) is 11.9 Å². The summed E-state index contributed by atoms with van der Waals surface area (Å²) >= 11 is 7.50. The Morgan fingerprint density at radius 3 is 2.45 bits per heavy atom. The van der Waals surface area contributed by atoms with Crippen LogP contribution in [0.25, 0.3) is 0 Å². The fraction of sp³-hybridized carbons (Fsp3) is 0.355. The monoisotopic (exact) mass is 552 g/mol. The fourth-order valence-electron chi connectivity index (χ4n) is 4.92. The number of thioether (sulfide) groups is 1. The zero-order valence-corrected chi connectivity index (χ0v) is 23.2. The third kappa shape index (κ3) is 7.84. The minimum atomic E-state index is -0.663. The van der Waals surface area contributed by atoms with Gasteiger partial charge in [-0.15, -0.1) is 11.8 Å². The summed E-state index contributed by atoms with van der Waals surface area (Å²) in [5.74, 6) is -0.284. The maximum Gasteiger partial charge on any atom is 0.243 e. The molecule has 1 N–H and O–H groups in total. The molecule has 3 aromatic rings. The number of halogens is 2. The zero-order chi connectivity index (χ0) is 26.9. The molecule has 0 heterocycles. The first-order chi connectivity index (χ1) is 18.4. The summed E-state index contributed by atoms with van der Waals surface area (Å²) < 4.78 is 14.3. The van der Waals surface area contributed by atoms with E-state index in [1.54, 1.807) is 17.0 Å². The molecule has 200 valence electrons. The maximum atomic E-state index is 14.3. The lowest BCUT2D eigenvalue weighted by molar-refractivity contribution is -0.139. The minimum absolute atomic E-state index is 0.110. The van der Waals surface area contributed by atoms with Crippen molar-refractivity contribution in [3.05, 3.63) is 106 Å². The van der Waals surface area contributed by atoms with E-state index in [-0.39, 0.29) is 35.2 Å². The summed E-state index contributed by atoms with van der Waals surface area (Å²) in [4.78, 5) is 29.2. The fourth-order valence-corrected chi connectivity index (χ4v) is 6.17. The van der Waals surface area contributed by atoms with Gasteiger partial charge in [-0.25, -0.2) is 4.39 Å². The number of rotatable bonds is 11. The van der Waals surface area contributed by atoms with Crippen LogP contribution in [0.3, 0.4) is 0 Å². The highest BCUT2D eigenvalue weighted by Gasteiger charge is 2.32. The number of hydrogen-bond donors (Lipinski definition) is 1. The first-order valence-electron chi connectivity index (χ1n) is 13.1. The highest BCUT2D eigenvalue weighted by atomic mass is 35.5. The quantitative estimate of drug-likeness (QED) is 0.287. The van der Waals surface area contributed by atoms with E-state index in [0.29, 0.717) is 23.6 Å². The van der Waals surface area contributed by atoms with Gasteiger partial charge in [-0.3, -0.25) is 9.59 Å². The van der Waals surface area contributed by atoms with Gasteiger partial charge in [-0.1, -0.05) is 90.7 Å². The molecule has 1 fully saturated rings. The Hall–Kier alpha value is -2.83. The van der Waals surface area contributed by atoms with E-state index in [2.05, 4.69) is 5.32 Å². The number of aryl methyl sites for hydroxylation is 1. The molecule has 1 saturated carbocycles. The van der Waals surface area contributed by atoms with Crippen molar-refractivity contribution in [2.45, 2.75) is 63.4 Å². The van der Waals surface area contributed by atoms with Crippen LogP contribution < -0.4 is 5.32 Å². The smallest absolute Gasteiger partial charge is 0.243 e. The summed E-state index contributed by atoms with van der Waals surface area (Å²) in [5.41, 5.74) is 3.43. The Labute approximate surface area is 234 Å². The second kappa shape index (κ2) is 13.8. The van der Waals surface area contributed by atoms with Gasteiger partial charge < -0.3 is 10.2 Å². The molecule has 4 nitrogen and oxygen atoms in total. The van der Waals surface area contributed by atoms with Crippen molar-refractivity contribution >= 4 is 35.2 Å². The van der Waals surface area contributed by atoms with Gasteiger partial charge in [-0.2, -0.15) is 0 Å². The van der Waals surface area contributed by atoms with Crippen LogP contribution in [0.1, 0.15) is 47.9 Å². The van der Waals surface area contributed by atoms with E-state index in [9.17, 15) is 14.0 Å². The van der Waals surface area contributed by atoms with Crippen LogP contribution >= 0.6 is 23.4 Å². The molecule has 0 radical (unpaired) electrons. The maximum absolute atomic E-state index is 14.3. The predicted octanol–water partition coefficient (Wildman–Crippen LogP) is 6.72. The van der Waals surface area contributed by atoms with Gasteiger partial charge in [-0.05, 0) is 43.0 Å². The highest BCUT2D eigenvalue weighted by Crippen LogP contribution is 2.25. The third-order valence-electron chi connectivity index (χ3n) is 6.94. The zero-order valence-electron chi connectivity index (χ0n) is 21.7. The van der Waals surface area contributed by atoms with Crippen molar-refractivity contribution in [1.29, 1.82) is 0 Å². The summed E-state index contributed by atoms with van der Waals surface area (Å²) in [5, 5.41) is 3.57. The van der Waals surface area contributed by atoms with Gasteiger partial charge in [0.15, 0.2) is 0 Å². The van der Waals surface area contributed by atoms with Crippen molar-refractivity contribution in [1.82, 2.24) is 10.2 Å². The molecule has 38 heavy (non-hydrogen) atoms. The molecule has 0 saturated heterocycles. The number of benzene rings is 3. The molecule has 1 atom stereocenters. The van der Waals surface area contributed by atoms with E-state index < -0.39 is 6.04 Å². The molecular weight excluding hydrogens is 519 g/mol. The summed E-state index contributed by atoms with van der Waals surface area (Å²) in [6.07, 6.45) is 4.56. The number of carbonyl (C=O) groups is 2. The summed E-state index contributed by atoms with van der Waals surface area (Å²) in [7, 11) is 0. The van der Waals surface area contributed by atoms with Crippen LogP contribution in [-0.4, -0.2) is 34.6 Å². The Balaban J connectivity index is 1.58. The average Bonchev–Trinajstić information content (AvgIpc) is 3.41. The lowest BCUT2D eigenvalue weighted by atomic mass is 10.0. The van der Waals surface area contributed by atoms with Crippen LogP contribution in [0.5, 0.6) is 0 Å². The normalized spacial score (nSPS) is 14.3. The van der Waals surface area contributed by atoms with Crippen LogP contribution in [0, 0.1) is 12.7 Å². The van der Waals surface area contributed by atoms with Crippen molar-refractivity contribution in [3.8, 4) is 0 Å². The molecule has 0 aliphatic heterocycles. The second-order valence-electron chi connectivity index (χ2n) is 9.90.